The van der Waals surface area contributed by atoms with Crippen molar-refractivity contribution in [3.8, 4) is 11.5 Å². The van der Waals surface area contributed by atoms with Gasteiger partial charge in [0, 0.05) is 24.5 Å². The molecule has 1 aromatic heterocycles. The fraction of sp³-hybridized carbons (Fsp3) is 0.421. The van der Waals surface area contributed by atoms with Gasteiger partial charge in [-0.05, 0) is 29.8 Å². The molecule has 0 fully saturated rings. The van der Waals surface area contributed by atoms with Crippen molar-refractivity contribution in [2.75, 3.05) is 26.3 Å². The molecule has 2 N–H and O–H groups in total. The average Bonchev–Trinajstić information content (AvgIpc) is 3.21. The molecule has 0 saturated carbocycles. The van der Waals surface area contributed by atoms with Crippen LogP contribution in [0.5, 0.6) is 11.5 Å². The van der Waals surface area contributed by atoms with E-state index < -0.39 is 10.0 Å². The zero-order valence-corrected chi connectivity index (χ0v) is 18.1. The highest BCUT2D eigenvalue weighted by Gasteiger charge is 2.23. The summed E-state index contributed by atoms with van der Waals surface area (Å²) in [6, 6.07) is 8.52. The Kier molecular flexibility index (Phi) is 6.99. The van der Waals surface area contributed by atoms with Crippen molar-refractivity contribution in [2.24, 2.45) is 0 Å². The Labute approximate surface area is 174 Å². The Hall–Kier alpha value is -2.30. The number of benzene rings is 1. The first-order valence-corrected chi connectivity index (χ1v) is 11.7. The molecule has 0 saturated heterocycles. The average molecular weight is 440 g/mol. The summed E-state index contributed by atoms with van der Waals surface area (Å²) in [6.45, 7) is 6.11. The van der Waals surface area contributed by atoms with Crippen molar-refractivity contribution in [3.05, 3.63) is 40.8 Å². The molecule has 8 nitrogen and oxygen atoms in total. The Bertz CT molecular complexity index is 955. The predicted octanol–water partition coefficient (Wildman–Crippen LogP) is 2.55. The number of sulfonamides is 1. The molecule has 1 aliphatic rings. The molecule has 0 radical (unpaired) electrons. The number of fused-ring (bicyclic) bond motifs is 1. The molecule has 2 heterocycles. The third-order valence-electron chi connectivity index (χ3n) is 4.42. The standard InChI is InChI=1S/C19H25N3O5S2/c1-3-22(4-2)29(24,25)18-8-6-15(28-18)13-21-19(23)20-12-14-5-7-16-17(11-14)27-10-9-26-16/h5-8,11H,3-4,9-10,12-13H2,1-2H3,(H2,20,21,23). The first kappa shape index (κ1) is 21.4. The molecule has 0 spiro atoms. The molecule has 1 aromatic carbocycles. The van der Waals surface area contributed by atoms with E-state index in [1.807, 2.05) is 32.0 Å². The van der Waals surface area contributed by atoms with Crippen molar-refractivity contribution in [1.29, 1.82) is 0 Å². The van der Waals surface area contributed by atoms with E-state index in [9.17, 15) is 13.2 Å². The van der Waals surface area contributed by atoms with Crippen LogP contribution in [-0.4, -0.2) is 45.1 Å². The Morgan fingerprint density at radius 1 is 1.03 bits per heavy atom. The van der Waals surface area contributed by atoms with Gasteiger partial charge in [-0.1, -0.05) is 19.9 Å². The van der Waals surface area contributed by atoms with Crippen LogP contribution in [0.1, 0.15) is 24.3 Å². The highest BCUT2D eigenvalue weighted by molar-refractivity contribution is 7.91. The van der Waals surface area contributed by atoms with E-state index in [2.05, 4.69) is 10.6 Å². The number of nitrogens with zero attached hydrogens (tertiary/aromatic N) is 1. The number of hydrogen-bond acceptors (Lipinski definition) is 6. The number of rotatable bonds is 8. The number of hydrogen-bond donors (Lipinski definition) is 2. The molecule has 158 valence electrons. The van der Waals surface area contributed by atoms with Crippen LogP contribution in [-0.2, 0) is 23.1 Å². The first-order valence-electron chi connectivity index (χ1n) is 9.43. The van der Waals surface area contributed by atoms with Gasteiger partial charge >= 0.3 is 6.03 Å². The zero-order valence-electron chi connectivity index (χ0n) is 16.4. The van der Waals surface area contributed by atoms with Crippen molar-refractivity contribution >= 4 is 27.4 Å². The molecular weight excluding hydrogens is 414 g/mol. The Balaban J connectivity index is 1.51. The molecule has 2 amide bonds. The van der Waals surface area contributed by atoms with Crippen LogP contribution in [0.4, 0.5) is 4.79 Å². The van der Waals surface area contributed by atoms with Gasteiger partial charge in [0.2, 0.25) is 0 Å². The van der Waals surface area contributed by atoms with Gasteiger partial charge in [-0.15, -0.1) is 11.3 Å². The lowest BCUT2D eigenvalue weighted by Crippen LogP contribution is -2.34. The second kappa shape index (κ2) is 9.47. The van der Waals surface area contributed by atoms with Gasteiger partial charge in [-0.2, -0.15) is 4.31 Å². The summed E-state index contributed by atoms with van der Waals surface area (Å²) in [5.41, 5.74) is 0.896. The molecule has 1 aliphatic heterocycles. The quantitative estimate of drug-likeness (QED) is 0.659. The number of nitrogens with one attached hydrogen (secondary N) is 2. The zero-order chi connectivity index (χ0) is 20.9. The van der Waals surface area contributed by atoms with Crippen LogP contribution < -0.4 is 20.1 Å². The molecule has 2 aromatic rings. The van der Waals surface area contributed by atoms with Crippen LogP contribution in [0.25, 0.3) is 0 Å². The summed E-state index contributed by atoms with van der Waals surface area (Å²) < 4.78 is 37.8. The van der Waals surface area contributed by atoms with Crippen molar-refractivity contribution in [3.63, 3.8) is 0 Å². The topological polar surface area (TPSA) is 97.0 Å². The molecule has 10 heteroatoms. The van der Waals surface area contributed by atoms with Crippen LogP contribution in [0.15, 0.2) is 34.5 Å². The van der Waals surface area contributed by atoms with Crippen LogP contribution >= 0.6 is 11.3 Å². The Morgan fingerprint density at radius 2 is 1.72 bits per heavy atom. The minimum atomic E-state index is -3.47. The minimum absolute atomic E-state index is 0.255. The molecular formula is C19H25N3O5S2. The van der Waals surface area contributed by atoms with E-state index in [0.717, 1.165) is 10.4 Å². The summed E-state index contributed by atoms with van der Waals surface area (Å²) in [7, 11) is -3.47. The lowest BCUT2D eigenvalue weighted by Gasteiger charge is -2.19. The van der Waals surface area contributed by atoms with E-state index in [4.69, 9.17) is 9.47 Å². The summed E-state index contributed by atoms with van der Waals surface area (Å²) in [5.74, 6) is 1.38. The maximum absolute atomic E-state index is 12.5. The Morgan fingerprint density at radius 3 is 2.45 bits per heavy atom. The first-order chi connectivity index (χ1) is 13.9. The van der Waals surface area contributed by atoms with Gasteiger partial charge in [0.05, 0.1) is 6.54 Å². The molecule has 3 rings (SSSR count). The van der Waals surface area contributed by atoms with E-state index in [-0.39, 0.29) is 16.8 Å². The van der Waals surface area contributed by atoms with Crippen molar-refractivity contribution in [1.82, 2.24) is 14.9 Å². The number of amides is 2. The third kappa shape index (κ3) is 5.20. The second-order valence-electron chi connectivity index (χ2n) is 6.32. The summed E-state index contributed by atoms with van der Waals surface area (Å²) in [6.07, 6.45) is 0. The van der Waals surface area contributed by atoms with Gasteiger partial charge < -0.3 is 20.1 Å². The van der Waals surface area contributed by atoms with Gasteiger partial charge in [-0.3, -0.25) is 0 Å². The predicted molar refractivity (Wildman–Crippen MR) is 111 cm³/mol. The van der Waals surface area contributed by atoms with E-state index in [1.165, 1.54) is 15.6 Å². The second-order valence-corrected chi connectivity index (χ2v) is 9.66. The minimum Gasteiger partial charge on any atom is -0.486 e. The van der Waals surface area contributed by atoms with Crippen LogP contribution in [0, 0.1) is 0 Å². The summed E-state index contributed by atoms with van der Waals surface area (Å²) in [5, 5.41) is 5.53. The lowest BCUT2D eigenvalue weighted by atomic mass is 10.2. The number of carbonyl (C=O) groups excluding carboxylic acids is 1. The van der Waals surface area contributed by atoms with E-state index in [1.54, 1.807) is 12.1 Å². The van der Waals surface area contributed by atoms with Crippen molar-refractivity contribution < 1.29 is 22.7 Å². The van der Waals surface area contributed by atoms with Crippen molar-refractivity contribution in [2.45, 2.75) is 31.1 Å². The molecule has 0 aliphatic carbocycles. The fourth-order valence-electron chi connectivity index (χ4n) is 2.89. The number of carbonyl (C=O) groups is 1. The smallest absolute Gasteiger partial charge is 0.315 e. The maximum atomic E-state index is 12.5. The molecule has 0 atom stereocenters. The van der Waals surface area contributed by atoms with Gasteiger partial charge in [-0.25, -0.2) is 13.2 Å². The largest absolute Gasteiger partial charge is 0.486 e. The summed E-state index contributed by atoms with van der Waals surface area (Å²) in [4.78, 5) is 12.9. The number of urea groups is 1. The highest BCUT2D eigenvalue weighted by Crippen LogP contribution is 2.30. The third-order valence-corrected chi connectivity index (χ3v) is 8.02. The van der Waals surface area contributed by atoms with Gasteiger partial charge in [0.15, 0.2) is 11.5 Å². The van der Waals surface area contributed by atoms with Crippen LogP contribution in [0.2, 0.25) is 0 Å². The highest BCUT2D eigenvalue weighted by atomic mass is 32.2. The molecule has 0 bridgehead atoms. The van der Waals surface area contributed by atoms with E-state index in [0.29, 0.717) is 44.3 Å². The van der Waals surface area contributed by atoms with E-state index >= 15 is 0 Å². The molecule has 0 unspecified atom stereocenters. The SMILES string of the molecule is CCN(CC)S(=O)(=O)c1ccc(CNC(=O)NCc2ccc3c(c2)OCCO3)s1. The number of ether oxygens (including phenoxy) is 2. The van der Waals surface area contributed by atoms with Crippen LogP contribution in [0.3, 0.4) is 0 Å². The van der Waals surface area contributed by atoms with Gasteiger partial charge in [0.25, 0.3) is 10.0 Å². The van der Waals surface area contributed by atoms with Gasteiger partial charge in [0.1, 0.15) is 17.4 Å². The fourth-order valence-corrected chi connectivity index (χ4v) is 5.80. The summed E-state index contributed by atoms with van der Waals surface area (Å²) >= 11 is 1.17. The lowest BCUT2D eigenvalue weighted by molar-refractivity contribution is 0.171. The monoisotopic (exact) mass is 439 g/mol. The number of thiophene rings is 1. The molecule has 29 heavy (non-hydrogen) atoms. The normalized spacial score (nSPS) is 13.3. The maximum Gasteiger partial charge on any atom is 0.315 e.